The second kappa shape index (κ2) is 8.71. The normalized spacial score (nSPS) is 16.9. The Morgan fingerprint density at radius 1 is 1.27 bits per heavy atom. The summed E-state index contributed by atoms with van der Waals surface area (Å²) in [5.74, 6) is 0.190. The maximum Gasteiger partial charge on any atom is 0.122 e. The fourth-order valence-corrected chi connectivity index (χ4v) is 5.10. The summed E-state index contributed by atoms with van der Waals surface area (Å²) in [5.41, 5.74) is 3.63. The van der Waals surface area contributed by atoms with Crippen LogP contribution in [0.1, 0.15) is 43.5 Å². The van der Waals surface area contributed by atoms with E-state index >= 15 is 0 Å². The van der Waals surface area contributed by atoms with Gasteiger partial charge in [0.05, 0.1) is 61.1 Å². The van der Waals surface area contributed by atoms with E-state index in [1.807, 2.05) is 36.4 Å². The number of hydrogen-bond donors (Lipinski definition) is 1. The Balaban J connectivity index is 1.46. The molecule has 1 aliphatic heterocycles. The summed E-state index contributed by atoms with van der Waals surface area (Å²) in [7, 11) is 0. The van der Waals surface area contributed by atoms with Crippen molar-refractivity contribution < 1.29 is 9.84 Å². The van der Waals surface area contributed by atoms with E-state index < -0.39 is 0 Å². The average molecular weight is 463 g/mol. The molecule has 1 saturated heterocycles. The first-order chi connectivity index (χ1) is 16.0. The molecule has 1 aliphatic rings. The van der Waals surface area contributed by atoms with E-state index in [0.29, 0.717) is 19.6 Å². The zero-order valence-corrected chi connectivity index (χ0v) is 19.5. The van der Waals surface area contributed by atoms with Crippen LogP contribution in [-0.2, 0) is 16.7 Å². The fourth-order valence-electron chi connectivity index (χ4n) is 4.22. The van der Waals surface area contributed by atoms with Crippen molar-refractivity contribution in [1.82, 2.24) is 24.5 Å². The summed E-state index contributed by atoms with van der Waals surface area (Å²) >= 11 is 1.68. The average Bonchev–Trinajstić information content (AvgIpc) is 3.55. The molecule has 1 N–H and O–H groups in total. The molecule has 2 atom stereocenters. The summed E-state index contributed by atoms with van der Waals surface area (Å²) in [6.45, 7) is 5.18. The SMILES string of the molecule is C[C@H](CO)n1cc(C[C@H](C)c2cc3ccsc3c(-c3cnn(C4(CC#N)COC4)c3)n2)cn1. The van der Waals surface area contributed by atoms with Gasteiger partial charge >= 0.3 is 0 Å². The molecule has 0 amide bonds. The number of fused-ring (bicyclic) bond motifs is 1. The highest BCUT2D eigenvalue weighted by Gasteiger charge is 2.41. The van der Waals surface area contributed by atoms with E-state index in [0.717, 1.165) is 33.6 Å². The zero-order valence-electron chi connectivity index (χ0n) is 18.7. The minimum Gasteiger partial charge on any atom is -0.394 e. The molecule has 9 heteroatoms. The lowest BCUT2D eigenvalue weighted by molar-refractivity contribution is -0.104. The number of thiophene rings is 1. The predicted molar refractivity (Wildman–Crippen MR) is 126 cm³/mol. The van der Waals surface area contributed by atoms with Crippen LogP contribution in [0.5, 0.6) is 0 Å². The second-order valence-corrected chi connectivity index (χ2v) is 9.84. The molecule has 1 fully saturated rings. The van der Waals surface area contributed by atoms with Crippen LogP contribution >= 0.6 is 11.3 Å². The first-order valence-corrected chi connectivity index (χ1v) is 11.9. The maximum atomic E-state index is 9.38. The van der Waals surface area contributed by atoms with E-state index in [4.69, 9.17) is 9.72 Å². The second-order valence-electron chi connectivity index (χ2n) is 8.93. The molecule has 0 unspecified atom stereocenters. The molecule has 4 aromatic rings. The van der Waals surface area contributed by atoms with Gasteiger partial charge < -0.3 is 9.84 Å². The predicted octanol–water partition coefficient (Wildman–Crippen LogP) is 3.89. The molecule has 4 aromatic heterocycles. The van der Waals surface area contributed by atoms with Gasteiger partial charge in [0.2, 0.25) is 0 Å². The highest BCUT2D eigenvalue weighted by atomic mass is 32.1. The Bertz CT molecular complexity index is 1310. The molecular formula is C24H26N6O2S. The standard InChI is InChI=1S/C24H26N6O2S/c1-16(7-18-9-26-29(11-18)17(2)13-31)21-8-19-3-6-33-23(19)22(28-21)20-10-27-30(12-20)24(4-5-25)14-32-15-24/h3,6,8-12,16-17,31H,4,7,13-15H2,1-2H3/t16-,17+/m0/s1. The van der Waals surface area contributed by atoms with Crippen LogP contribution < -0.4 is 0 Å². The smallest absolute Gasteiger partial charge is 0.122 e. The topological polar surface area (TPSA) is 102 Å². The van der Waals surface area contributed by atoms with Gasteiger partial charge in [-0.25, -0.2) is 0 Å². The van der Waals surface area contributed by atoms with E-state index in [1.54, 1.807) is 16.0 Å². The van der Waals surface area contributed by atoms with Gasteiger partial charge in [-0.05, 0) is 41.8 Å². The highest BCUT2D eigenvalue weighted by Crippen LogP contribution is 2.36. The number of aliphatic hydroxyl groups excluding tert-OH is 1. The van der Waals surface area contributed by atoms with Gasteiger partial charge in [0, 0.05) is 29.6 Å². The van der Waals surface area contributed by atoms with Gasteiger partial charge in [-0.15, -0.1) is 11.3 Å². The van der Waals surface area contributed by atoms with Crippen molar-refractivity contribution in [2.24, 2.45) is 0 Å². The Morgan fingerprint density at radius 3 is 2.85 bits per heavy atom. The number of nitrogens with zero attached hydrogens (tertiary/aromatic N) is 6. The maximum absolute atomic E-state index is 9.38. The summed E-state index contributed by atoms with van der Waals surface area (Å²) < 4.78 is 10.2. The van der Waals surface area contributed by atoms with Crippen LogP contribution in [0.2, 0.25) is 0 Å². The molecule has 170 valence electrons. The first kappa shape index (κ1) is 21.8. The van der Waals surface area contributed by atoms with Gasteiger partial charge in [0.15, 0.2) is 0 Å². The van der Waals surface area contributed by atoms with E-state index in [2.05, 4.69) is 40.7 Å². The minimum atomic E-state index is -0.377. The largest absolute Gasteiger partial charge is 0.394 e. The molecule has 0 radical (unpaired) electrons. The fraction of sp³-hybridized carbons (Fsp3) is 0.417. The Kier molecular flexibility index (Phi) is 5.74. The third kappa shape index (κ3) is 3.95. The van der Waals surface area contributed by atoms with Gasteiger partial charge in [-0.3, -0.25) is 14.3 Å². The lowest BCUT2D eigenvalue weighted by Gasteiger charge is -2.39. The monoisotopic (exact) mass is 462 g/mol. The lowest BCUT2D eigenvalue weighted by atomic mass is 9.94. The number of aliphatic hydroxyl groups is 1. The molecule has 8 nitrogen and oxygen atoms in total. The molecule has 5 rings (SSSR count). The van der Waals surface area contributed by atoms with Crippen molar-refractivity contribution in [3.63, 3.8) is 0 Å². The van der Waals surface area contributed by atoms with E-state index in [-0.39, 0.29) is 24.1 Å². The lowest BCUT2D eigenvalue weighted by Crippen LogP contribution is -2.51. The summed E-state index contributed by atoms with van der Waals surface area (Å²) in [4.78, 5) is 5.08. The van der Waals surface area contributed by atoms with Crippen molar-refractivity contribution in [1.29, 1.82) is 5.26 Å². The van der Waals surface area contributed by atoms with Crippen LogP contribution in [0.15, 0.2) is 42.3 Å². The summed E-state index contributed by atoms with van der Waals surface area (Å²) in [6, 6.07) is 6.53. The van der Waals surface area contributed by atoms with Gasteiger partial charge in [0.25, 0.3) is 0 Å². The summed E-state index contributed by atoms with van der Waals surface area (Å²) in [5, 5.41) is 30.9. The number of nitriles is 1. The van der Waals surface area contributed by atoms with Crippen molar-refractivity contribution in [2.45, 2.75) is 44.2 Å². The molecule has 0 saturated carbocycles. The van der Waals surface area contributed by atoms with Crippen molar-refractivity contribution in [2.75, 3.05) is 19.8 Å². The molecule has 0 aliphatic carbocycles. The first-order valence-electron chi connectivity index (χ1n) is 11.1. The Morgan fingerprint density at radius 2 is 2.12 bits per heavy atom. The number of ether oxygens (including phenoxy) is 1. The van der Waals surface area contributed by atoms with Crippen LogP contribution in [0.25, 0.3) is 21.3 Å². The highest BCUT2D eigenvalue weighted by molar-refractivity contribution is 7.17. The number of hydrogen-bond acceptors (Lipinski definition) is 7. The molecule has 0 aromatic carbocycles. The molecule has 33 heavy (non-hydrogen) atoms. The third-order valence-corrected chi connectivity index (χ3v) is 7.30. The molecule has 5 heterocycles. The van der Waals surface area contributed by atoms with Crippen LogP contribution in [0.4, 0.5) is 0 Å². The van der Waals surface area contributed by atoms with Crippen molar-refractivity contribution >= 4 is 21.4 Å². The van der Waals surface area contributed by atoms with Gasteiger partial charge in [0.1, 0.15) is 5.54 Å². The van der Waals surface area contributed by atoms with Crippen molar-refractivity contribution in [3.8, 4) is 17.3 Å². The quantitative estimate of drug-likeness (QED) is 0.426. The summed E-state index contributed by atoms with van der Waals surface area (Å²) in [6.07, 6.45) is 8.88. The van der Waals surface area contributed by atoms with Crippen molar-refractivity contribution in [3.05, 3.63) is 53.6 Å². The third-order valence-electron chi connectivity index (χ3n) is 6.36. The van der Waals surface area contributed by atoms with Crippen LogP contribution in [0.3, 0.4) is 0 Å². The number of aromatic nitrogens is 5. The van der Waals surface area contributed by atoms with E-state index in [9.17, 15) is 10.4 Å². The van der Waals surface area contributed by atoms with Gasteiger partial charge in [-0.2, -0.15) is 15.5 Å². The molecular weight excluding hydrogens is 436 g/mol. The molecule has 0 spiro atoms. The number of rotatable bonds is 8. The minimum absolute atomic E-state index is 0.0390. The zero-order chi connectivity index (χ0) is 23.0. The van der Waals surface area contributed by atoms with Crippen LogP contribution in [-0.4, -0.2) is 49.5 Å². The Labute approximate surface area is 196 Å². The van der Waals surface area contributed by atoms with E-state index in [1.165, 1.54) is 5.39 Å². The number of pyridine rings is 1. The molecule has 0 bridgehead atoms. The van der Waals surface area contributed by atoms with Gasteiger partial charge in [-0.1, -0.05) is 6.92 Å². The Hall–Kier alpha value is -3.06. The van der Waals surface area contributed by atoms with Crippen LogP contribution in [0, 0.1) is 11.3 Å².